The Kier molecular flexibility index (Phi) is 10.5. The van der Waals surface area contributed by atoms with Crippen molar-refractivity contribution in [1.82, 2.24) is 0 Å². The summed E-state index contributed by atoms with van der Waals surface area (Å²) in [5.74, 6) is -0.293. The smallest absolute Gasteiger partial charge is 0.136 e. The van der Waals surface area contributed by atoms with Crippen LogP contribution in [0.15, 0.2) is 271 Å². The van der Waals surface area contributed by atoms with Gasteiger partial charge in [-0.1, -0.05) is 175 Å². The van der Waals surface area contributed by atoms with Gasteiger partial charge in [-0.3, -0.25) is 0 Å². The highest BCUT2D eigenvalue weighted by Crippen LogP contribution is 2.57. The summed E-state index contributed by atoms with van der Waals surface area (Å²) in [6.07, 6.45) is 0. The minimum absolute atomic E-state index is 0.293. The van der Waals surface area contributed by atoms with Gasteiger partial charge < -0.3 is 14.2 Å². The van der Waals surface area contributed by atoms with Crippen molar-refractivity contribution in [3.8, 4) is 33.4 Å². The fraction of sp³-hybridized carbons (Fsp3) is 0.0294. The zero-order valence-corrected chi connectivity index (χ0v) is 39.6. The normalized spacial score (nSPS) is 12.4. The van der Waals surface area contributed by atoms with Gasteiger partial charge in [-0.05, 0) is 160 Å². The molecule has 0 radical (unpaired) electrons. The summed E-state index contributed by atoms with van der Waals surface area (Å²) in [4.78, 5) is 4.60. The first kappa shape index (κ1) is 42.8. The lowest BCUT2D eigenvalue weighted by Gasteiger charge is -2.34. The van der Waals surface area contributed by atoms with Crippen molar-refractivity contribution >= 4 is 56.1 Å². The summed E-state index contributed by atoms with van der Waals surface area (Å²) >= 11 is 0. The number of fused-ring (bicyclic) bond motifs is 6. The Hall–Kier alpha value is -9.25. The van der Waals surface area contributed by atoms with Crippen molar-refractivity contribution in [1.29, 1.82) is 0 Å². The molecule has 0 spiro atoms. The maximum absolute atomic E-state index is 15.1. The maximum Gasteiger partial charge on any atom is 0.136 e. The van der Waals surface area contributed by atoms with Gasteiger partial charge in [0.15, 0.2) is 0 Å². The summed E-state index contributed by atoms with van der Waals surface area (Å²) in [7, 11) is 0. The van der Waals surface area contributed by atoms with E-state index in [1.807, 2.05) is 30.3 Å². The monoisotopic (exact) mass is 926 g/mol. The van der Waals surface area contributed by atoms with Gasteiger partial charge in [0.2, 0.25) is 0 Å². The topological polar surface area (TPSA) is 19.6 Å². The number of anilines is 6. The van der Waals surface area contributed by atoms with Crippen LogP contribution >= 0.6 is 0 Å². The van der Waals surface area contributed by atoms with Gasteiger partial charge in [-0.15, -0.1) is 0 Å². The number of hydrogen-bond donors (Lipinski definition) is 0. The number of rotatable bonds is 10. The third-order valence-electron chi connectivity index (χ3n) is 14.4. The molecule has 1 aliphatic rings. The van der Waals surface area contributed by atoms with Crippen LogP contribution in [0, 0.1) is 12.7 Å². The molecule has 12 aromatic rings. The Bertz CT molecular complexity index is 3900. The molecule has 0 N–H and O–H groups in total. The van der Waals surface area contributed by atoms with Crippen LogP contribution in [-0.4, -0.2) is 0 Å². The molecular formula is C68H47FN2O. The summed E-state index contributed by atoms with van der Waals surface area (Å²) in [5.41, 5.74) is 19.5. The Labute approximate surface area is 419 Å². The zero-order chi connectivity index (χ0) is 48.2. The SMILES string of the molecule is Cc1ccc(N(c2ccccc2)c2cc(-c3cccc(-c4cccc5oc6ccccc6c45)c3)cc(N(c3ccc(F)cc3)c3ccc4c(c3)-c3ccccc3C4(c3ccccc3)c3ccccc3)c2)cc1. The van der Waals surface area contributed by atoms with E-state index in [0.29, 0.717) is 0 Å². The first-order valence-corrected chi connectivity index (χ1v) is 24.5. The van der Waals surface area contributed by atoms with Crippen LogP contribution in [0.4, 0.5) is 38.5 Å². The van der Waals surface area contributed by atoms with Gasteiger partial charge in [0, 0.05) is 44.9 Å². The van der Waals surface area contributed by atoms with Crippen LogP contribution in [0.5, 0.6) is 0 Å². The number of halogens is 1. The van der Waals surface area contributed by atoms with E-state index in [1.165, 1.54) is 33.4 Å². The summed E-state index contributed by atoms with van der Waals surface area (Å²) < 4.78 is 21.4. The zero-order valence-electron chi connectivity index (χ0n) is 39.6. The molecule has 0 aliphatic heterocycles. The molecule has 13 rings (SSSR count). The van der Waals surface area contributed by atoms with Crippen molar-refractivity contribution in [2.45, 2.75) is 12.3 Å². The van der Waals surface area contributed by atoms with Crippen LogP contribution in [0.1, 0.15) is 27.8 Å². The van der Waals surface area contributed by atoms with E-state index in [0.717, 1.165) is 83.9 Å². The summed E-state index contributed by atoms with van der Waals surface area (Å²) in [6, 6.07) is 93.8. The van der Waals surface area contributed by atoms with E-state index in [-0.39, 0.29) is 5.82 Å². The second-order valence-electron chi connectivity index (χ2n) is 18.7. The quantitative estimate of drug-likeness (QED) is 0.136. The molecule has 1 aliphatic carbocycles. The molecule has 1 aromatic heterocycles. The van der Waals surface area contributed by atoms with Crippen molar-refractivity contribution in [2.75, 3.05) is 9.80 Å². The molecule has 3 nitrogen and oxygen atoms in total. The number of hydrogen-bond acceptors (Lipinski definition) is 3. The van der Waals surface area contributed by atoms with Gasteiger partial charge in [-0.25, -0.2) is 4.39 Å². The molecule has 0 atom stereocenters. The Morgan fingerprint density at radius 1 is 0.347 bits per heavy atom. The molecule has 0 bridgehead atoms. The molecule has 0 amide bonds. The fourth-order valence-corrected chi connectivity index (χ4v) is 11.2. The van der Waals surface area contributed by atoms with Crippen LogP contribution in [0.2, 0.25) is 0 Å². The maximum atomic E-state index is 15.1. The first-order chi connectivity index (χ1) is 35.5. The molecule has 342 valence electrons. The third kappa shape index (κ3) is 7.18. The largest absolute Gasteiger partial charge is 0.456 e. The molecule has 0 fully saturated rings. The third-order valence-corrected chi connectivity index (χ3v) is 14.4. The number of para-hydroxylation sites is 2. The molecular weight excluding hydrogens is 880 g/mol. The molecule has 1 heterocycles. The highest BCUT2D eigenvalue weighted by atomic mass is 19.1. The van der Waals surface area contributed by atoms with Crippen LogP contribution < -0.4 is 9.80 Å². The number of benzene rings is 11. The Morgan fingerprint density at radius 3 is 1.60 bits per heavy atom. The predicted octanol–water partition coefficient (Wildman–Crippen LogP) is 18.7. The number of furan rings is 1. The lowest BCUT2D eigenvalue weighted by molar-refractivity contribution is 0.628. The molecule has 11 aromatic carbocycles. The lowest BCUT2D eigenvalue weighted by atomic mass is 9.68. The van der Waals surface area contributed by atoms with Crippen molar-refractivity contribution in [2.24, 2.45) is 0 Å². The van der Waals surface area contributed by atoms with Gasteiger partial charge in [0.1, 0.15) is 17.0 Å². The summed E-state index contributed by atoms with van der Waals surface area (Å²) in [5, 5.41) is 2.18. The van der Waals surface area contributed by atoms with Crippen molar-refractivity contribution in [3.05, 3.63) is 301 Å². The van der Waals surface area contributed by atoms with E-state index in [2.05, 4.69) is 241 Å². The van der Waals surface area contributed by atoms with Crippen LogP contribution in [0.25, 0.3) is 55.3 Å². The molecule has 0 saturated heterocycles. The standard InChI is InChI=1S/C68H47FN2O/c1-46-31-35-54(36-32-46)70(53-23-9-4-10-24-53)57-42-49(47-17-15-18-48(41-47)59-27-16-30-66-67(59)61-26-12-14-29-65(61)72-66)43-58(44-57)71(55-37-33-52(69)34-38-55)56-39-40-64-62(45-56)60-25-11-13-28-63(60)68(64,50-19-5-2-6-20-50)51-21-7-3-8-22-51/h2-45H,1H3. The van der Waals surface area contributed by atoms with Gasteiger partial charge >= 0.3 is 0 Å². The average Bonchev–Trinajstić information content (AvgIpc) is 3.97. The van der Waals surface area contributed by atoms with E-state index < -0.39 is 5.41 Å². The molecule has 0 saturated carbocycles. The van der Waals surface area contributed by atoms with Gasteiger partial charge in [-0.2, -0.15) is 0 Å². The van der Waals surface area contributed by atoms with E-state index in [1.54, 1.807) is 12.1 Å². The molecule has 4 heteroatoms. The molecule has 72 heavy (non-hydrogen) atoms. The van der Waals surface area contributed by atoms with E-state index >= 15 is 4.39 Å². The Balaban J connectivity index is 1.06. The Morgan fingerprint density at radius 2 is 0.875 bits per heavy atom. The highest BCUT2D eigenvalue weighted by Gasteiger charge is 2.46. The van der Waals surface area contributed by atoms with Gasteiger partial charge in [0.05, 0.1) is 5.41 Å². The number of nitrogens with zero attached hydrogens (tertiary/aromatic N) is 2. The van der Waals surface area contributed by atoms with E-state index in [9.17, 15) is 0 Å². The first-order valence-electron chi connectivity index (χ1n) is 24.5. The lowest BCUT2D eigenvalue weighted by Crippen LogP contribution is -2.28. The average molecular weight is 927 g/mol. The minimum Gasteiger partial charge on any atom is -0.456 e. The van der Waals surface area contributed by atoms with Crippen LogP contribution in [-0.2, 0) is 5.41 Å². The van der Waals surface area contributed by atoms with Crippen molar-refractivity contribution in [3.63, 3.8) is 0 Å². The fourth-order valence-electron chi connectivity index (χ4n) is 11.2. The van der Waals surface area contributed by atoms with Gasteiger partial charge in [0.25, 0.3) is 0 Å². The van der Waals surface area contributed by atoms with E-state index in [4.69, 9.17) is 4.42 Å². The number of aryl methyl sites for hydroxylation is 1. The second-order valence-corrected chi connectivity index (χ2v) is 18.7. The van der Waals surface area contributed by atoms with Crippen molar-refractivity contribution < 1.29 is 8.81 Å². The summed E-state index contributed by atoms with van der Waals surface area (Å²) in [6.45, 7) is 2.12. The van der Waals surface area contributed by atoms with Crippen LogP contribution in [0.3, 0.4) is 0 Å². The molecule has 0 unspecified atom stereocenters. The minimum atomic E-state index is -0.552. The second kappa shape index (κ2) is 17.6. The highest BCUT2D eigenvalue weighted by molar-refractivity contribution is 6.12. The predicted molar refractivity (Wildman–Crippen MR) is 296 cm³/mol.